The number of hydrazine groups is 1. The van der Waals surface area contributed by atoms with Crippen LogP contribution in [0.15, 0.2) is 17.5 Å². The quantitative estimate of drug-likeness (QED) is 0.554. The lowest BCUT2D eigenvalue weighted by Crippen LogP contribution is -2.32. The zero-order chi connectivity index (χ0) is 8.60. The van der Waals surface area contributed by atoms with Crippen molar-refractivity contribution in [2.45, 2.75) is 25.8 Å². The lowest BCUT2D eigenvalue weighted by molar-refractivity contribution is 0.378. The first-order valence-electron chi connectivity index (χ1n) is 4.26. The highest BCUT2D eigenvalue weighted by molar-refractivity contribution is 7.10. The molecular formula is C9H14N2S. The fraction of sp³-hybridized carbons (Fsp3) is 0.556. The predicted octanol–water partition coefficient (Wildman–Crippen LogP) is 2.05. The van der Waals surface area contributed by atoms with Crippen LogP contribution < -0.4 is 11.3 Å². The van der Waals surface area contributed by atoms with Gasteiger partial charge in [0.25, 0.3) is 0 Å². The Morgan fingerprint density at radius 2 is 2.42 bits per heavy atom. The second-order valence-electron chi connectivity index (χ2n) is 3.77. The Morgan fingerprint density at radius 3 is 2.83 bits per heavy atom. The maximum absolute atomic E-state index is 5.55. The van der Waals surface area contributed by atoms with Crippen LogP contribution in [0.3, 0.4) is 0 Å². The molecule has 1 unspecified atom stereocenters. The molecule has 0 bridgehead atoms. The van der Waals surface area contributed by atoms with Crippen molar-refractivity contribution in [3.05, 3.63) is 22.4 Å². The van der Waals surface area contributed by atoms with E-state index in [2.05, 4.69) is 29.9 Å². The van der Waals surface area contributed by atoms with Crippen LogP contribution in [0.2, 0.25) is 0 Å². The molecule has 66 valence electrons. The zero-order valence-corrected chi connectivity index (χ0v) is 8.03. The topological polar surface area (TPSA) is 38.0 Å². The van der Waals surface area contributed by atoms with Gasteiger partial charge in [0.05, 0.1) is 6.04 Å². The minimum Gasteiger partial charge on any atom is -0.271 e. The highest BCUT2D eigenvalue weighted by atomic mass is 32.1. The van der Waals surface area contributed by atoms with Gasteiger partial charge < -0.3 is 0 Å². The highest BCUT2D eigenvalue weighted by Gasteiger charge is 2.45. The van der Waals surface area contributed by atoms with E-state index in [9.17, 15) is 0 Å². The lowest BCUT2D eigenvalue weighted by Gasteiger charge is -2.20. The Labute approximate surface area is 76.8 Å². The molecule has 0 aliphatic heterocycles. The summed E-state index contributed by atoms with van der Waals surface area (Å²) < 4.78 is 0. The van der Waals surface area contributed by atoms with Crippen molar-refractivity contribution in [1.82, 2.24) is 5.43 Å². The molecule has 1 aromatic heterocycles. The number of hydrogen-bond acceptors (Lipinski definition) is 3. The summed E-state index contributed by atoms with van der Waals surface area (Å²) in [7, 11) is 0. The predicted molar refractivity (Wildman–Crippen MR) is 51.7 cm³/mol. The molecule has 0 spiro atoms. The van der Waals surface area contributed by atoms with Gasteiger partial charge in [0.15, 0.2) is 0 Å². The standard InChI is InChI=1S/C9H14N2S/c1-9(4-5-9)8(11-10)7-3-2-6-12-7/h2-3,6,8,11H,4-5,10H2,1H3. The van der Waals surface area contributed by atoms with E-state index < -0.39 is 0 Å². The first kappa shape index (κ1) is 8.23. The van der Waals surface area contributed by atoms with Crippen LogP contribution in [0.4, 0.5) is 0 Å². The molecule has 1 aromatic rings. The number of thiophene rings is 1. The first-order chi connectivity index (χ1) is 5.76. The molecule has 12 heavy (non-hydrogen) atoms. The number of nitrogens with one attached hydrogen (secondary N) is 1. The van der Waals surface area contributed by atoms with E-state index in [1.165, 1.54) is 17.7 Å². The van der Waals surface area contributed by atoms with E-state index in [0.717, 1.165) is 0 Å². The summed E-state index contributed by atoms with van der Waals surface area (Å²) in [5.41, 5.74) is 3.33. The molecular weight excluding hydrogens is 168 g/mol. The third kappa shape index (κ3) is 1.28. The van der Waals surface area contributed by atoms with E-state index in [-0.39, 0.29) is 0 Å². The lowest BCUT2D eigenvalue weighted by atomic mass is 9.98. The molecule has 1 fully saturated rings. The molecule has 1 heterocycles. The summed E-state index contributed by atoms with van der Waals surface area (Å²) >= 11 is 1.78. The molecule has 1 aliphatic carbocycles. The Balaban J connectivity index is 2.19. The average molecular weight is 182 g/mol. The smallest absolute Gasteiger partial charge is 0.0606 e. The minimum atomic E-state index is 0.359. The maximum atomic E-state index is 5.55. The fourth-order valence-corrected chi connectivity index (χ4v) is 2.53. The van der Waals surface area contributed by atoms with Gasteiger partial charge in [-0.1, -0.05) is 13.0 Å². The van der Waals surface area contributed by atoms with E-state index in [0.29, 0.717) is 11.5 Å². The van der Waals surface area contributed by atoms with Gasteiger partial charge in [-0.25, -0.2) is 0 Å². The van der Waals surface area contributed by atoms with Crippen LogP contribution in [-0.4, -0.2) is 0 Å². The van der Waals surface area contributed by atoms with Crippen molar-refractivity contribution in [2.24, 2.45) is 11.3 Å². The molecule has 3 heteroatoms. The van der Waals surface area contributed by atoms with Gasteiger partial charge >= 0.3 is 0 Å². The van der Waals surface area contributed by atoms with Crippen molar-refractivity contribution >= 4 is 11.3 Å². The summed E-state index contributed by atoms with van der Waals surface area (Å²) in [6.07, 6.45) is 2.58. The van der Waals surface area contributed by atoms with Crippen molar-refractivity contribution < 1.29 is 0 Å². The normalized spacial score (nSPS) is 22.2. The molecule has 0 amide bonds. The van der Waals surface area contributed by atoms with Gasteiger partial charge in [0, 0.05) is 4.88 Å². The van der Waals surface area contributed by atoms with Gasteiger partial charge in [-0.15, -0.1) is 11.3 Å². The number of hydrogen-bond donors (Lipinski definition) is 2. The summed E-state index contributed by atoms with van der Waals surface area (Å²) in [5.74, 6) is 5.55. The van der Waals surface area contributed by atoms with Gasteiger partial charge in [-0.3, -0.25) is 11.3 Å². The summed E-state index contributed by atoms with van der Waals surface area (Å²) in [5, 5.41) is 2.10. The SMILES string of the molecule is CC1(C(NN)c2cccs2)CC1. The van der Waals surface area contributed by atoms with Crippen molar-refractivity contribution in [2.75, 3.05) is 0 Å². The van der Waals surface area contributed by atoms with E-state index in [1.54, 1.807) is 11.3 Å². The molecule has 1 atom stereocenters. The van der Waals surface area contributed by atoms with Crippen molar-refractivity contribution in [3.63, 3.8) is 0 Å². The molecule has 1 aliphatic rings. The Bertz CT molecular complexity index is 252. The van der Waals surface area contributed by atoms with Gasteiger partial charge in [-0.2, -0.15) is 0 Å². The second-order valence-corrected chi connectivity index (χ2v) is 4.75. The molecule has 0 saturated heterocycles. The fourth-order valence-electron chi connectivity index (χ4n) is 1.57. The number of nitrogens with two attached hydrogens (primary N) is 1. The minimum absolute atomic E-state index is 0.359. The second kappa shape index (κ2) is 2.83. The molecule has 0 radical (unpaired) electrons. The van der Waals surface area contributed by atoms with E-state index in [1.807, 2.05) is 0 Å². The van der Waals surface area contributed by atoms with E-state index in [4.69, 9.17) is 5.84 Å². The third-order valence-electron chi connectivity index (χ3n) is 2.73. The van der Waals surface area contributed by atoms with Crippen molar-refractivity contribution in [3.8, 4) is 0 Å². The summed E-state index contributed by atoms with van der Waals surface area (Å²) in [4.78, 5) is 1.36. The molecule has 2 nitrogen and oxygen atoms in total. The van der Waals surface area contributed by atoms with Crippen LogP contribution in [0.25, 0.3) is 0 Å². The maximum Gasteiger partial charge on any atom is 0.0606 e. The van der Waals surface area contributed by atoms with Crippen LogP contribution in [0.5, 0.6) is 0 Å². The molecule has 0 aromatic carbocycles. The van der Waals surface area contributed by atoms with E-state index >= 15 is 0 Å². The number of rotatable bonds is 3. The van der Waals surface area contributed by atoms with Crippen LogP contribution in [0.1, 0.15) is 30.7 Å². The Kier molecular flexibility index (Phi) is 1.94. The Morgan fingerprint density at radius 1 is 1.67 bits per heavy atom. The zero-order valence-electron chi connectivity index (χ0n) is 7.21. The van der Waals surface area contributed by atoms with Gasteiger partial charge in [-0.05, 0) is 29.7 Å². The molecule has 3 N–H and O–H groups in total. The van der Waals surface area contributed by atoms with Crippen LogP contribution in [0, 0.1) is 5.41 Å². The average Bonchev–Trinajstić information content (AvgIpc) is 2.63. The monoisotopic (exact) mass is 182 g/mol. The molecule has 1 saturated carbocycles. The Hall–Kier alpha value is -0.380. The highest BCUT2D eigenvalue weighted by Crippen LogP contribution is 2.54. The van der Waals surface area contributed by atoms with Gasteiger partial charge in [0.2, 0.25) is 0 Å². The molecule has 2 rings (SSSR count). The van der Waals surface area contributed by atoms with Gasteiger partial charge in [0.1, 0.15) is 0 Å². The first-order valence-corrected chi connectivity index (χ1v) is 5.14. The van der Waals surface area contributed by atoms with Crippen LogP contribution >= 0.6 is 11.3 Å². The summed E-state index contributed by atoms with van der Waals surface area (Å²) in [6.45, 7) is 2.29. The largest absolute Gasteiger partial charge is 0.271 e. The third-order valence-corrected chi connectivity index (χ3v) is 3.67. The summed E-state index contributed by atoms with van der Waals surface area (Å²) in [6, 6.07) is 4.59. The van der Waals surface area contributed by atoms with Crippen molar-refractivity contribution in [1.29, 1.82) is 0 Å². The van der Waals surface area contributed by atoms with Crippen LogP contribution in [-0.2, 0) is 0 Å².